The predicted octanol–water partition coefficient (Wildman–Crippen LogP) is 4.42. The normalized spacial score (nSPS) is 22.4. The number of benzene rings is 1. The fourth-order valence-electron chi connectivity index (χ4n) is 2.72. The first-order chi connectivity index (χ1) is 9.64. The monoisotopic (exact) mass is 298 g/mol. The summed E-state index contributed by atoms with van der Waals surface area (Å²) in [6.07, 6.45) is 3.95. The largest absolute Gasteiger partial charge is 0.493 e. The van der Waals surface area contributed by atoms with Crippen LogP contribution in [0, 0.1) is 0 Å². The molecule has 112 valence electrons. The van der Waals surface area contributed by atoms with Gasteiger partial charge >= 0.3 is 0 Å². The summed E-state index contributed by atoms with van der Waals surface area (Å²) in [5, 5.41) is 0.739. The lowest BCUT2D eigenvalue weighted by Gasteiger charge is -2.18. The van der Waals surface area contributed by atoms with E-state index < -0.39 is 0 Å². The van der Waals surface area contributed by atoms with Crippen LogP contribution in [0.5, 0.6) is 11.5 Å². The van der Waals surface area contributed by atoms with E-state index in [9.17, 15) is 0 Å². The quantitative estimate of drug-likeness (QED) is 0.698. The summed E-state index contributed by atoms with van der Waals surface area (Å²) in [6.45, 7) is 4.34. The molecule has 0 radical (unpaired) electrons. The maximum absolute atomic E-state index is 6.41. The molecule has 1 heterocycles. The summed E-state index contributed by atoms with van der Waals surface area (Å²) in [5.41, 5.74) is 1.12. The molecule has 0 spiro atoms. The first-order valence-corrected chi connectivity index (χ1v) is 7.59. The Balaban J connectivity index is 2.20. The topological polar surface area (TPSA) is 31.0 Å². The molecule has 0 amide bonds. The first kappa shape index (κ1) is 15.5. The minimum Gasteiger partial charge on any atom is -0.493 e. The third-order valence-electron chi connectivity index (χ3n) is 4.04. The van der Waals surface area contributed by atoms with E-state index in [2.05, 4.69) is 13.8 Å². The average Bonchev–Trinajstić information content (AvgIpc) is 3.23. The van der Waals surface area contributed by atoms with E-state index in [0.29, 0.717) is 23.9 Å². The van der Waals surface area contributed by atoms with E-state index in [1.807, 2.05) is 12.1 Å². The molecule has 3 atom stereocenters. The van der Waals surface area contributed by atoms with Crippen LogP contribution < -0.4 is 9.47 Å². The zero-order chi connectivity index (χ0) is 14.7. The van der Waals surface area contributed by atoms with E-state index in [1.165, 1.54) is 0 Å². The minimum absolute atomic E-state index is 0.383. The molecule has 0 bridgehead atoms. The molecule has 0 aromatic heterocycles. The Morgan fingerprint density at radius 1 is 1.15 bits per heavy atom. The molecule has 1 saturated heterocycles. The van der Waals surface area contributed by atoms with Crippen molar-refractivity contribution in [2.45, 2.75) is 51.2 Å². The summed E-state index contributed by atoms with van der Waals surface area (Å²) in [4.78, 5) is 0. The second-order valence-electron chi connectivity index (χ2n) is 5.19. The number of ether oxygens (including phenoxy) is 3. The maximum Gasteiger partial charge on any atom is 0.162 e. The molecule has 2 rings (SSSR count). The van der Waals surface area contributed by atoms with E-state index in [4.69, 9.17) is 25.8 Å². The van der Waals surface area contributed by atoms with Crippen LogP contribution in [0.4, 0.5) is 0 Å². The Morgan fingerprint density at radius 3 is 2.30 bits per heavy atom. The van der Waals surface area contributed by atoms with Gasteiger partial charge < -0.3 is 14.2 Å². The molecule has 20 heavy (non-hydrogen) atoms. The van der Waals surface area contributed by atoms with Gasteiger partial charge in [-0.25, -0.2) is 0 Å². The Labute approximate surface area is 126 Å². The lowest BCUT2D eigenvalue weighted by molar-refractivity contribution is 0.346. The van der Waals surface area contributed by atoms with Crippen molar-refractivity contribution >= 4 is 11.6 Å². The van der Waals surface area contributed by atoms with Crippen molar-refractivity contribution in [1.29, 1.82) is 0 Å². The van der Waals surface area contributed by atoms with E-state index in [0.717, 1.165) is 35.6 Å². The highest BCUT2D eigenvalue weighted by Crippen LogP contribution is 2.42. The highest BCUT2D eigenvalue weighted by molar-refractivity contribution is 6.31. The summed E-state index contributed by atoms with van der Waals surface area (Å²) in [5.74, 6) is 1.79. The van der Waals surface area contributed by atoms with Gasteiger partial charge in [0, 0.05) is 11.1 Å². The fraction of sp³-hybridized carbons (Fsp3) is 0.625. The Morgan fingerprint density at radius 2 is 1.80 bits per heavy atom. The van der Waals surface area contributed by atoms with Crippen LogP contribution in [-0.2, 0) is 4.74 Å². The van der Waals surface area contributed by atoms with Crippen LogP contribution in [-0.4, -0.2) is 26.4 Å². The van der Waals surface area contributed by atoms with Crippen molar-refractivity contribution < 1.29 is 14.2 Å². The van der Waals surface area contributed by atoms with Gasteiger partial charge in [0.25, 0.3) is 0 Å². The Hall–Kier alpha value is -0.930. The van der Waals surface area contributed by atoms with Crippen molar-refractivity contribution in [3.63, 3.8) is 0 Å². The summed E-state index contributed by atoms with van der Waals surface area (Å²) in [7, 11) is 3.27. The van der Waals surface area contributed by atoms with E-state index in [-0.39, 0.29) is 0 Å². The maximum atomic E-state index is 6.41. The Bertz CT molecular complexity index is 461. The van der Waals surface area contributed by atoms with Crippen LogP contribution >= 0.6 is 11.6 Å². The molecule has 3 unspecified atom stereocenters. The third kappa shape index (κ3) is 3.21. The van der Waals surface area contributed by atoms with Crippen LogP contribution in [0.15, 0.2) is 12.1 Å². The van der Waals surface area contributed by atoms with Crippen molar-refractivity contribution in [3.8, 4) is 11.5 Å². The second-order valence-corrected chi connectivity index (χ2v) is 5.60. The van der Waals surface area contributed by atoms with Crippen LogP contribution in [0.3, 0.4) is 0 Å². The van der Waals surface area contributed by atoms with Gasteiger partial charge in [-0.2, -0.15) is 0 Å². The highest BCUT2D eigenvalue weighted by Gasteiger charge is 2.38. The van der Waals surface area contributed by atoms with Crippen LogP contribution in [0.2, 0.25) is 5.02 Å². The van der Waals surface area contributed by atoms with Gasteiger partial charge in [-0.05, 0) is 36.8 Å². The van der Waals surface area contributed by atoms with Crippen LogP contribution in [0.25, 0.3) is 0 Å². The standard InChI is InChI=1S/C16H23ClO3/c1-5-10(7-16-13(6-2)20-16)11-8-14(18-3)15(19-4)9-12(11)17/h8-10,13,16H,5-7H2,1-4H3. The number of rotatable bonds is 7. The smallest absolute Gasteiger partial charge is 0.162 e. The zero-order valence-electron chi connectivity index (χ0n) is 12.6. The van der Waals surface area contributed by atoms with Gasteiger partial charge in [-0.3, -0.25) is 0 Å². The number of epoxide rings is 1. The fourth-order valence-corrected chi connectivity index (χ4v) is 3.03. The third-order valence-corrected chi connectivity index (χ3v) is 4.37. The van der Waals surface area contributed by atoms with Gasteiger partial charge in [0.05, 0.1) is 26.4 Å². The highest BCUT2D eigenvalue weighted by atomic mass is 35.5. The van der Waals surface area contributed by atoms with Gasteiger partial charge in [0.1, 0.15) is 0 Å². The van der Waals surface area contributed by atoms with Gasteiger partial charge in [0.2, 0.25) is 0 Å². The molecule has 1 aliphatic rings. The summed E-state index contributed by atoms with van der Waals surface area (Å²) in [6, 6.07) is 3.84. The average molecular weight is 299 g/mol. The van der Waals surface area contributed by atoms with Crippen LogP contribution in [0.1, 0.15) is 44.6 Å². The SMILES string of the molecule is CCC(CC1OC1CC)c1cc(OC)c(OC)cc1Cl. The summed E-state index contributed by atoms with van der Waals surface area (Å²) >= 11 is 6.41. The molecule has 0 N–H and O–H groups in total. The number of hydrogen-bond donors (Lipinski definition) is 0. The molecule has 3 nitrogen and oxygen atoms in total. The molecule has 1 aliphatic heterocycles. The predicted molar refractivity (Wildman–Crippen MR) is 81.2 cm³/mol. The lowest BCUT2D eigenvalue weighted by atomic mass is 9.90. The van der Waals surface area contributed by atoms with Gasteiger partial charge in [0.15, 0.2) is 11.5 Å². The molecule has 4 heteroatoms. The molecular weight excluding hydrogens is 276 g/mol. The summed E-state index contributed by atoms with van der Waals surface area (Å²) < 4.78 is 16.3. The second kappa shape index (κ2) is 6.68. The molecule has 1 aromatic rings. The number of halogens is 1. The van der Waals surface area contributed by atoms with Crippen molar-refractivity contribution in [2.24, 2.45) is 0 Å². The van der Waals surface area contributed by atoms with Gasteiger partial charge in [-0.1, -0.05) is 25.4 Å². The number of methoxy groups -OCH3 is 2. The molecule has 0 saturated carbocycles. The molecule has 1 aromatic carbocycles. The van der Waals surface area contributed by atoms with Crippen molar-refractivity contribution in [2.75, 3.05) is 14.2 Å². The van der Waals surface area contributed by atoms with Crippen molar-refractivity contribution in [1.82, 2.24) is 0 Å². The molecule has 0 aliphatic carbocycles. The zero-order valence-corrected chi connectivity index (χ0v) is 13.4. The molecule has 1 fully saturated rings. The van der Waals surface area contributed by atoms with Crippen molar-refractivity contribution in [3.05, 3.63) is 22.7 Å². The van der Waals surface area contributed by atoms with E-state index >= 15 is 0 Å². The minimum atomic E-state index is 0.383. The lowest BCUT2D eigenvalue weighted by Crippen LogP contribution is -2.05. The van der Waals surface area contributed by atoms with E-state index in [1.54, 1.807) is 14.2 Å². The Kier molecular flexibility index (Phi) is 5.17. The number of hydrogen-bond acceptors (Lipinski definition) is 3. The molecular formula is C16H23ClO3. The first-order valence-electron chi connectivity index (χ1n) is 7.21. The van der Waals surface area contributed by atoms with Gasteiger partial charge in [-0.15, -0.1) is 0 Å².